The highest BCUT2D eigenvalue weighted by molar-refractivity contribution is 8.68. The molecule has 6 heteroatoms. The second-order valence-corrected chi connectivity index (χ2v) is 7.54. The summed E-state index contributed by atoms with van der Waals surface area (Å²) in [7, 11) is 0. The highest BCUT2D eigenvalue weighted by Gasteiger charge is 2.03. The van der Waals surface area contributed by atoms with Gasteiger partial charge in [0.2, 0.25) is 5.69 Å². The van der Waals surface area contributed by atoms with E-state index in [1.54, 1.807) is 0 Å². The van der Waals surface area contributed by atoms with E-state index in [1.807, 2.05) is 0 Å². The van der Waals surface area contributed by atoms with Gasteiger partial charge in [0.1, 0.15) is 0 Å². The molecule has 0 aliphatic heterocycles. The van der Waals surface area contributed by atoms with Gasteiger partial charge in [-0.1, -0.05) is 11.4 Å². The van der Waals surface area contributed by atoms with Crippen LogP contribution in [0.4, 0.5) is 0 Å². The fourth-order valence-corrected chi connectivity index (χ4v) is 3.30. The quantitative estimate of drug-likeness (QED) is 0.331. The summed E-state index contributed by atoms with van der Waals surface area (Å²) in [6, 6.07) is 0. The average molecular weight is 176 g/mol. The first-order valence-corrected chi connectivity index (χ1v) is 6.30. The number of hydrogen-bond acceptors (Lipinski definition) is 3. The van der Waals surface area contributed by atoms with Gasteiger partial charge in [-0.3, -0.25) is 0 Å². The highest BCUT2D eigenvalue weighted by atomic mass is 32.9. The smallest absolute Gasteiger partial charge is 0.242 e. The molecule has 0 bridgehead atoms. The zero-order valence-corrected chi connectivity index (χ0v) is 6.73. The highest BCUT2D eigenvalue weighted by Crippen LogP contribution is 2.50. The van der Waals surface area contributed by atoms with Crippen molar-refractivity contribution in [2.45, 2.75) is 0 Å². The number of rotatable bonds is 2. The fraction of sp³-hybridized carbons (Fsp3) is 1.00. The largest absolute Gasteiger partial charge is 0.338 e. The molecule has 0 spiro atoms. The lowest BCUT2D eigenvalue weighted by atomic mass is 11.9. The van der Waals surface area contributed by atoms with E-state index in [-0.39, 0.29) is 0 Å². The lowest BCUT2D eigenvalue weighted by molar-refractivity contribution is 0.502. The van der Waals surface area contributed by atoms with E-state index in [4.69, 9.17) is 9.79 Å². The number of hydrogen-bond donors (Lipinski definition) is 3. The maximum absolute atomic E-state index is 8.41. The van der Waals surface area contributed by atoms with Crippen molar-refractivity contribution >= 4 is 41.5 Å². The standard InChI is InChI=1S/CH5O2PS3/c2-4(3,6)7-1-5/h5H,1H2,(H2,2,3,6). The Morgan fingerprint density at radius 1 is 1.71 bits per heavy atom. The van der Waals surface area contributed by atoms with E-state index in [2.05, 4.69) is 24.4 Å². The van der Waals surface area contributed by atoms with Gasteiger partial charge in [0.25, 0.3) is 0 Å². The molecular weight excluding hydrogens is 171 g/mol. The minimum atomic E-state index is -2.99. The third-order valence-electron chi connectivity index (χ3n) is 0.226. The molecule has 0 unspecified atom stereocenters. The van der Waals surface area contributed by atoms with Gasteiger partial charge >= 0.3 is 0 Å². The molecule has 0 saturated heterocycles. The van der Waals surface area contributed by atoms with Crippen LogP contribution in [0.25, 0.3) is 0 Å². The molecule has 0 heterocycles. The molecule has 0 amide bonds. The van der Waals surface area contributed by atoms with E-state index in [9.17, 15) is 0 Å². The molecule has 0 radical (unpaired) electrons. The predicted molar refractivity (Wildman–Crippen MR) is 40.2 cm³/mol. The molecule has 0 aromatic heterocycles. The van der Waals surface area contributed by atoms with Crippen molar-refractivity contribution in [2.75, 3.05) is 5.08 Å². The van der Waals surface area contributed by atoms with Gasteiger partial charge in [0, 0.05) is 5.08 Å². The third kappa shape index (κ3) is 7.27. The van der Waals surface area contributed by atoms with E-state index < -0.39 is 5.69 Å². The van der Waals surface area contributed by atoms with Gasteiger partial charge in [-0.2, -0.15) is 12.6 Å². The summed E-state index contributed by atoms with van der Waals surface area (Å²) in [5.41, 5.74) is -2.99. The second kappa shape index (κ2) is 3.33. The lowest BCUT2D eigenvalue weighted by Crippen LogP contribution is -1.66. The Morgan fingerprint density at radius 3 is 2.14 bits per heavy atom. The van der Waals surface area contributed by atoms with E-state index in [0.29, 0.717) is 5.08 Å². The first-order valence-electron chi connectivity index (χ1n) is 1.37. The van der Waals surface area contributed by atoms with Crippen molar-refractivity contribution in [3.8, 4) is 0 Å². The first kappa shape index (κ1) is 8.27. The van der Waals surface area contributed by atoms with Crippen molar-refractivity contribution in [1.82, 2.24) is 0 Å². The van der Waals surface area contributed by atoms with Crippen LogP contribution in [0.2, 0.25) is 0 Å². The maximum atomic E-state index is 8.41. The summed E-state index contributed by atoms with van der Waals surface area (Å²) in [5, 5.41) is 0.365. The van der Waals surface area contributed by atoms with Gasteiger partial charge < -0.3 is 9.79 Å². The fourth-order valence-electron chi connectivity index (χ4n) is 0.0752. The van der Waals surface area contributed by atoms with Gasteiger partial charge in [-0.05, 0) is 11.8 Å². The number of thiol groups is 1. The lowest BCUT2D eigenvalue weighted by Gasteiger charge is -2.00. The average Bonchev–Trinajstić information content (AvgIpc) is 1.30. The van der Waals surface area contributed by atoms with Crippen LogP contribution in [0, 0.1) is 0 Å². The molecule has 2 N–H and O–H groups in total. The minimum Gasteiger partial charge on any atom is -0.338 e. The zero-order chi connectivity index (χ0) is 5.91. The van der Waals surface area contributed by atoms with Crippen LogP contribution in [-0.4, -0.2) is 14.9 Å². The summed E-state index contributed by atoms with van der Waals surface area (Å²) in [5.74, 6) is 0. The molecule has 2 nitrogen and oxygen atoms in total. The molecule has 44 valence electrons. The summed E-state index contributed by atoms with van der Waals surface area (Å²) < 4.78 is 0. The Hall–Kier alpha value is 1.27. The molecule has 0 aromatic rings. The Balaban J connectivity index is 3.36. The molecule has 0 aliphatic carbocycles. The molecule has 0 rings (SSSR count). The molecule has 0 fully saturated rings. The van der Waals surface area contributed by atoms with E-state index >= 15 is 0 Å². The van der Waals surface area contributed by atoms with Gasteiger partial charge in [0.15, 0.2) is 0 Å². The minimum absolute atomic E-state index is 0.365. The van der Waals surface area contributed by atoms with Gasteiger partial charge in [0.05, 0.1) is 0 Å². The second-order valence-electron chi connectivity index (χ2n) is 0.749. The van der Waals surface area contributed by atoms with E-state index in [1.165, 1.54) is 0 Å². The van der Waals surface area contributed by atoms with Crippen molar-refractivity contribution in [3.05, 3.63) is 0 Å². The first-order chi connectivity index (χ1) is 3.06. The van der Waals surface area contributed by atoms with Crippen LogP contribution in [-0.2, 0) is 11.8 Å². The topological polar surface area (TPSA) is 40.5 Å². The molecule has 0 aliphatic rings. The molecular formula is CH5O2PS3. The van der Waals surface area contributed by atoms with E-state index in [0.717, 1.165) is 11.4 Å². The van der Waals surface area contributed by atoms with Crippen LogP contribution in [0.3, 0.4) is 0 Å². The molecule has 0 aromatic carbocycles. The predicted octanol–water partition coefficient (Wildman–Crippen LogP) is 0.816. The van der Waals surface area contributed by atoms with Crippen molar-refractivity contribution in [2.24, 2.45) is 0 Å². The Morgan fingerprint density at radius 2 is 2.14 bits per heavy atom. The Kier molecular flexibility index (Phi) is 3.93. The van der Waals surface area contributed by atoms with Crippen molar-refractivity contribution in [3.63, 3.8) is 0 Å². The monoisotopic (exact) mass is 176 g/mol. The van der Waals surface area contributed by atoms with Crippen molar-refractivity contribution < 1.29 is 9.79 Å². The molecule has 0 atom stereocenters. The summed E-state index contributed by atoms with van der Waals surface area (Å²) in [6.07, 6.45) is 0. The van der Waals surface area contributed by atoms with Crippen LogP contribution in [0.5, 0.6) is 0 Å². The normalized spacial score (nSPS) is 11.9. The zero-order valence-electron chi connectivity index (χ0n) is 3.31. The van der Waals surface area contributed by atoms with Gasteiger partial charge in [-0.25, -0.2) is 0 Å². The Labute approximate surface area is 56.6 Å². The Bertz CT molecular complexity index is 86.9. The maximum Gasteiger partial charge on any atom is 0.242 e. The molecule has 0 saturated carbocycles. The van der Waals surface area contributed by atoms with Crippen molar-refractivity contribution in [1.29, 1.82) is 0 Å². The third-order valence-corrected chi connectivity index (χ3v) is 4.02. The van der Waals surface area contributed by atoms with Crippen LogP contribution < -0.4 is 0 Å². The SMILES string of the molecule is OP(O)(=S)SCS. The molecule has 7 heavy (non-hydrogen) atoms. The summed E-state index contributed by atoms with van der Waals surface area (Å²) >= 11 is 8.83. The van der Waals surface area contributed by atoms with Crippen LogP contribution in [0.1, 0.15) is 0 Å². The van der Waals surface area contributed by atoms with Crippen LogP contribution in [0.15, 0.2) is 0 Å². The van der Waals surface area contributed by atoms with Crippen LogP contribution >= 0.6 is 29.7 Å². The summed E-state index contributed by atoms with van der Waals surface area (Å²) in [6.45, 7) is 0. The summed E-state index contributed by atoms with van der Waals surface area (Å²) in [4.78, 5) is 16.8. The van der Waals surface area contributed by atoms with Gasteiger partial charge in [-0.15, -0.1) is 0 Å².